The van der Waals surface area contributed by atoms with Gasteiger partial charge >= 0.3 is 0 Å². The summed E-state index contributed by atoms with van der Waals surface area (Å²) in [5, 5.41) is 4.10. The van der Waals surface area contributed by atoms with Crippen molar-refractivity contribution in [1.29, 1.82) is 0 Å². The first kappa shape index (κ1) is 19.6. The minimum atomic E-state index is -0.0254. The maximum absolute atomic E-state index is 13.0. The standard InChI is InChI=1S/C21H35N3O2S/c25-20(17-9-5-2-6-10-17)23-11-13-24(14-12-23)21(26)18-15-27-19(22-18)16-7-3-1-4-8-16/h16-19,22H,1-15H2. The molecule has 2 unspecified atom stereocenters. The summed E-state index contributed by atoms with van der Waals surface area (Å²) in [7, 11) is 0. The van der Waals surface area contributed by atoms with Crippen molar-refractivity contribution in [3.05, 3.63) is 0 Å². The van der Waals surface area contributed by atoms with Crippen molar-refractivity contribution in [2.24, 2.45) is 11.8 Å². The van der Waals surface area contributed by atoms with Crippen molar-refractivity contribution < 1.29 is 9.59 Å². The Morgan fingerprint density at radius 2 is 1.30 bits per heavy atom. The summed E-state index contributed by atoms with van der Waals surface area (Å²) in [5.41, 5.74) is 0. The summed E-state index contributed by atoms with van der Waals surface area (Å²) in [6.07, 6.45) is 12.5. The second-order valence-electron chi connectivity index (χ2n) is 8.86. The summed E-state index contributed by atoms with van der Waals surface area (Å²) < 4.78 is 0. The molecule has 0 aromatic rings. The van der Waals surface area contributed by atoms with E-state index in [0.717, 1.165) is 24.5 Å². The van der Waals surface area contributed by atoms with Crippen molar-refractivity contribution in [3.63, 3.8) is 0 Å². The highest BCUT2D eigenvalue weighted by molar-refractivity contribution is 8.00. The molecule has 1 N–H and O–H groups in total. The predicted molar refractivity (Wildman–Crippen MR) is 109 cm³/mol. The van der Waals surface area contributed by atoms with Gasteiger partial charge in [-0.05, 0) is 31.6 Å². The molecule has 2 aliphatic carbocycles. The Morgan fingerprint density at radius 1 is 0.741 bits per heavy atom. The molecule has 6 heteroatoms. The van der Waals surface area contributed by atoms with Gasteiger partial charge in [-0.2, -0.15) is 0 Å². The van der Waals surface area contributed by atoms with Crippen molar-refractivity contribution >= 4 is 23.6 Å². The number of nitrogens with zero attached hydrogens (tertiary/aromatic N) is 2. The van der Waals surface area contributed by atoms with Crippen molar-refractivity contribution in [3.8, 4) is 0 Å². The number of carbonyl (C=O) groups excluding carboxylic acids is 2. The van der Waals surface area contributed by atoms with Gasteiger partial charge in [0.2, 0.25) is 11.8 Å². The summed E-state index contributed by atoms with van der Waals surface area (Å²) in [5.74, 6) is 2.48. The lowest BCUT2D eigenvalue weighted by atomic mass is 9.88. The molecule has 4 fully saturated rings. The minimum absolute atomic E-state index is 0.0254. The number of amides is 2. The third-order valence-corrected chi connectivity index (χ3v) is 8.45. The summed E-state index contributed by atoms with van der Waals surface area (Å²) in [6, 6.07) is -0.0254. The van der Waals surface area contributed by atoms with Gasteiger partial charge in [0.15, 0.2) is 0 Å². The van der Waals surface area contributed by atoms with E-state index in [-0.39, 0.29) is 17.9 Å². The van der Waals surface area contributed by atoms with Gasteiger partial charge in [-0.15, -0.1) is 11.8 Å². The normalized spacial score (nSPS) is 31.3. The molecule has 2 aliphatic heterocycles. The maximum atomic E-state index is 13.0. The van der Waals surface area contributed by atoms with Crippen molar-refractivity contribution in [2.45, 2.75) is 75.6 Å². The Bertz CT molecular complexity index is 524. The van der Waals surface area contributed by atoms with E-state index in [1.165, 1.54) is 51.4 Å². The molecular weight excluding hydrogens is 358 g/mol. The van der Waals surface area contributed by atoms with Gasteiger partial charge in [0, 0.05) is 37.8 Å². The first-order valence-corrected chi connectivity index (χ1v) is 12.2. The van der Waals surface area contributed by atoms with Gasteiger partial charge < -0.3 is 9.80 Å². The number of carbonyl (C=O) groups is 2. The topological polar surface area (TPSA) is 52.7 Å². The second kappa shape index (κ2) is 9.17. The van der Waals surface area contributed by atoms with E-state index in [4.69, 9.17) is 0 Å². The van der Waals surface area contributed by atoms with Crippen molar-refractivity contribution in [1.82, 2.24) is 15.1 Å². The lowest BCUT2D eigenvalue weighted by Gasteiger charge is -2.38. The molecule has 2 saturated heterocycles. The highest BCUT2D eigenvalue weighted by atomic mass is 32.2. The fourth-order valence-corrected chi connectivity index (χ4v) is 6.76. The number of hydrogen-bond acceptors (Lipinski definition) is 4. The van der Waals surface area contributed by atoms with Gasteiger partial charge in [-0.3, -0.25) is 14.9 Å². The molecule has 4 rings (SSSR count). The number of thioether (sulfide) groups is 1. The van der Waals surface area contributed by atoms with Crippen molar-refractivity contribution in [2.75, 3.05) is 31.9 Å². The van der Waals surface area contributed by atoms with E-state index in [2.05, 4.69) is 5.32 Å². The third kappa shape index (κ3) is 4.64. The Kier molecular flexibility index (Phi) is 6.64. The van der Waals surface area contributed by atoms with Gasteiger partial charge in [-0.1, -0.05) is 38.5 Å². The molecule has 5 nitrogen and oxygen atoms in total. The van der Waals surface area contributed by atoms with E-state index in [9.17, 15) is 9.59 Å². The minimum Gasteiger partial charge on any atom is -0.339 e. The van der Waals surface area contributed by atoms with Crippen LogP contribution < -0.4 is 5.32 Å². The van der Waals surface area contributed by atoms with Crippen LogP contribution in [0.3, 0.4) is 0 Å². The van der Waals surface area contributed by atoms with Gasteiger partial charge in [0.25, 0.3) is 0 Å². The molecule has 2 amide bonds. The Balaban J connectivity index is 1.23. The van der Waals surface area contributed by atoms with Gasteiger partial charge in [-0.25, -0.2) is 0 Å². The molecule has 2 heterocycles. The molecule has 0 radical (unpaired) electrons. The summed E-state index contributed by atoms with van der Waals surface area (Å²) in [6.45, 7) is 2.84. The quantitative estimate of drug-likeness (QED) is 0.801. The highest BCUT2D eigenvalue weighted by Crippen LogP contribution is 2.35. The van der Waals surface area contributed by atoms with E-state index in [1.807, 2.05) is 21.6 Å². The SMILES string of the molecule is O=C(C1CCCCC1)N1CCN(C(=O)C2CSC(C3CCCCC3)N2)CC1. The molecule has 27 heavy (non-hydrogen) atoms. The van der Waals surface area contributed by atoms with Crippen LogP contribution in [0.15, 0.2) is 0 Å². The third-order valence-electron chi connectivity index (χ3n) is 7.04. The second-order valence-corrected chi connectivity index (χ2v) is 10.0. The van der Waals surface area contributed by atoms with Crippen LogP contribution in [0.2, 0.25) is 0 Å². The molecule has 152 valence electrons. The number of nitrogens with one attached hydrogen (secondary N) is 1. The number of hydrogen-bond donors (Lipinski definition) is 1. The fourth-order valence-electron chi connectivity index (χ4n) is 5.32. The van der Waals surface area contributed by atoms with E-state index in [0.29, 0.717) is 37.5 Å². The first-order valence-electron chi connectivity index (χ1n) is 11.2. The van der Waals surface area contributed by atoms with Crippen LogP contribution in [0.25, 0.3) is 0 Å². The lowest BCUT2D eigenvalue weighted by molar-refractivity contribution is -0.143. The Morgan fingerprint density at radius 3 is 1.93 bits per heavy atom. The monoisotopic (exact) mass is 393 g/mol. The van der Waals surface area contributed by atoms with Crippen LogP contribution >= 0.6 is 11.8 Å². The molecule has 0 spiro atoms. The molecule has 4 aliphatic rings. The summed E-state index contributed by atoms with van der Waals surface area (Å²) >= 11 is 1.95. The Labute approximate surface area is 168 Å². The summed E-state index contributed by atoms with van der Waals surface area (Å²) in [4.78, 5) is 29.7. The molecular formula is C21H35N3O2S. The molecule has 2 atom stereocenters. The van der Waals surface area contributed by atoms with Crippen LogP contribution in [0, 0.1) is 11.8 Å². The first-order chi connectivity index (χ1) is 13.2. The van der Waals surface area contributed by atoms with Gasteiger partial charge in [0.1, 0.15) is 0 Å². The van der Waals surface area contributed by atoms with Crippen LogP contribution in [0.5, 0.6) is 0 Å². The highest BCUT2D eigenvalue weighted by Gasteiger charge is 2.38. The van der Waals surface area contributed by atoms with Crippen LogP contribution in [-0.2, 0) is 9.59 Å². The van der Waals surface area contributed by atoms with Gasteiger partial charge in [0.05, 0.1) is 11.4 Å². The maximum Gasteiger partial charge on any atom is 0.240 e. The number of rotatable bonds is 3. The zero-order chi connectivity index (χ0) is 18.6. The number of piperazine rings is 1. The molecule has 2 saturated carbocycles. The predicted octanol–water partition coefficient (Wildman–Crippen LogP) is 2.85. The van der Waals surface area contributed by atoms with E-state index in [1.54, 1.807) is 0 Å². The lowest BCUT2D eigenvalue weighted by Crippen LogP contribution is -2.56. The fraction of sp³-hybridized carbons (Fsp3) is 0.905. The van der Waals surface area contributed by atoms with Crippen LogP contribution in [0.4, 0.5) is 0 Å². The van der Waals surface area contributed by atoms with Crippen LogP contribution in [0.1, 0.15) is 64.2 Å². The Hall–Kier alpha value is -0.750. The molecule has 0 aromatic heterocycles. The zero-order valence-corrected chi connectivity index (χ0v) is 17.4. The van der Waals surface area contributed by atoms with Crippen LogP contribution in [-0.4, -0.2) is 65.0 Å². The average molecular weight is 394 g/mol. The van der Waals surface area contributed by atoms with E-state index >= 15 is 0 Å². The van der Waals surface area contributed by atoms with E-state index < -0.39 is 0 Å². The molecule has 0 aromatic carbocycles. The smallest absolute Gasteiger partial charge is 0.240 e. The zero-order valence-electron chi connectivity index (χ0n) is 16.5. The largest absolute Gasteiger partial charge is 0.339 e. The molecule has 0 bridgehead atoms. The average Bonchev–Trinajstić information content (AvgIpc) is 3.24.